The van der Waals surface area contributed by atoms with Crippen molar-refractivity contribution in [2.45, 2.75) is 0 Å². The first-order valence-corrected chi connectivity index (χ1v) is 6.48. The van der Waals surface area contributed by atoms with Gasteiger partial charge in [0.25, 0.3) is 5.91 Å². The first kappa shape index (κ1) is 14.9. The van der Waals surface area contributed by atoms with E-state index in [0.717, 1.165) is 11.0 Å². The van der Waals surface area contributed by atoms with Gasteiger partial charge in [-0.2, -0.15) is 0 Å². The zero-order chi connectivity index (χ0) is 13.7. The lowest BCUT2D eigenvalue weighted by atomic mass is 10.2. The summed E-state index contributed by atoms with van der Waals surface area (Å²) in [6, 6.07) is 1.79. The number of halogens is 1. The normalized spacial score (nSPS) is 10.6. The van der Waals surface area contributed by atoms with E-state index in [1.54, 1.807) is 31.3 Å². The summed E-state index contributed by atoms with van der Waals surface area (Å²) in [7, 11) is 7.52. The minimum atomic E-state index is -0.0324. The molecule has 18 heavy (non-hydrogen) atoms. The van der Waals surface area contributed by atoms with Crippen LogP contribution in [0.1, 0.15) is 10.4 Å². The Labute approximate surface area is 116 Å². The third kappa shape index (κ3) is 3.96. The molecule has 0 atom stereocenters. The van der Waals surface area contributed by atoms with E-state index in [4.69, 9.17) is 0 Å². The maximum Gasteiger partial charge on any atom is 0.257 e. The summed E-state index contributed by atoms with van der Waals surface area (Å²) < 4.78 is 0.797. The Morgan fingerprint density at radius 1 is 1.39 bits per heavy atom. The van der Waals surface area contributed by atoms with Gasteiger partial charge in [-0.3, -0.25) is 4.79 Å². The molecule has 1 aromatic heterocycles. The Morgan fingerprint density at radius 3 is 2.61 bits per heavy atom. The van der Waals surface area contributed by atoms with Crippen LogP contribution in [-0.4, -0.2) is 62.0 Å². The van der Waals surface area contributed by atoms with E-state index in [2.05, 4.69) is 26.2 Å². The van der Waals surface area contributed by atoms with Crippen LogP contribution in [0.2, 0.25) is 0 Å². The molecule has 1 heterocycles. The highest BCUT2D eigenvalue weighted by molar-refractivity contribution is 9.10. The number of nitrogens with zero attached hydrogens (tertiary/aromatic N) is 3. The van der Waals surface area contributed by atoms with Crippen LogP contribution in [0.5, 0.6) is 0 Å². The molecule has 0 fully saturated rings. The molecule has 5 nitrogen and oxygen atoms in total. The molecule has 0 aliphatic carbocycles. The second-order valence-corrected chi connectivity index (χ2v) is 5.25. The summed E-state index contributed by atoms with van der Waals surface area (Å²) in [5.74, 6) is 0.565. The molecular weight excluding hydrogens is 296 g/mol. The van der Waals surface area contributed by atoms with E-state index in [0.29, 0.717) is 17.9 Å². The third-order valence-electron chi connectivity index (χ3n) is 2.55. The number of carbonyl (C=O) groups is 1. The topological polar surface area (TPSA) is 48.5 Å². The van der Waals surface area contributed by atoms with Crippen LogP contribution in [0, 0.1) is 0 Å². The number of hydrogen-bond donors (Lipinski definition) is 1. The summed E-state index contributed by atoms with van der Waals surface area (Å²) in [5.41, 5.74) is 0.577. The van der Waals surface area contributed by atoms with Crippen molar-refractivity contribution >= 4 is 27.7 Å². The van der Waals surface area contributed by atoms with Crippen molar-refractivity contribution in [1.29, 1.82) is 0 Å². The van der Waals surface area contributed by atoms with Crippen LogP contribution < -0.4 is 5.32 Å². The Kier molecular flexibility index (Phi) is 5.55. The second-order valence-electron chi connectivity index (χ2n) is 4.33. The number of nitrogens with one attached hydrogen (secondary N) is 1. The summed E-state index contributed by atoms with van der Waals surface area (Å²) >= 11 is 3.34. The Morgan fingerprint density at radius 2 is 2.06 bits per heavy atom. The molecular formula is C12H19BrN4O. The van der Waals surface area contributed by atoms with Crippen LogP contribution in [-0.2, 0) is 0 Å². The summed E-state index contributed by atoms with van der Waals surface area (Å²) in [6.07, 6.45) is 1.67. The van der Waals surface area contributed by atoms with E-state index >= 15 is 0 Å². The van der Waals surface area contributed by atoms with E-state index in [9.17, 15) is 4.79 Å². The van der Waals surface area contributed by atoms with Crippen molar-refractivity contribution in [2.24, 2.45) is 0 Å². The van der Waals surface area contributed by atoms with Crippen LogP contribution in [0.4, 0.5) is 5.82 Å². The molecule has 1 aromatic rings. The number of carbonyl (C=O) groups excluding carboxylic acids is 1. The smallest absolute Gasteiger partial charge is 0.257 e. The molecule has 0 radical (unpaired) electrons. The first-order chi connectivity index (χ1) is 8.45. The molecule has 0 aliphatic heterocycles. The van der Waals surface area contributed by atoms with E-state index < -0.39 is 0 Å². The number of anilines is 1. The van der Waals surface area contributed by atoms with Gasteiger partial charge in [0.05, 0.1) is 5.56 Å². The van der Waals surface area contributed by atoms with Crippen LogP contribution in [0.3, 0.4) is 0 Å². The van der Waals surface area contributed by atoms with E-state index in [1.165, 1.54) is 0 Å². The fourth-order valence-corrected chi connectivity index (χ4v) is 1.79. The van der Waals surface area contributed by atoms with Gasteiger partial charge in [-0.25, -0.2) is 4.98 Å². The van der Waals surface area contributed by atoms with Crippen molar-refractivity contribution in [3.05, 3.63) is 22.3 Å². The zero-order valence-electron chi connectivity index (χ0n) is 11.2. The minimum absolute atomic E-state index is 0.0324. The molecule has 0 unspecified atom stereocenters. The van der Waals surface area contributed by atoms with E-state index in [1.807, 2.05) is 19.0 Å². The molecule has 0 spiro atoms. The highest BCUT2D eigenvalue weighted by atomic mass is 79.9. The Balaban J connectivity index is 2.85. The molecule has 0 saturated carbocycles. The summed E-state index contributed by atoms with van der Waals surface area (Å²) in [6.45, 7) is 1.51. The molecule has 0 aliphatic rings. The van der Waals surface area contributed by atoms with E-state index in [-0.39, 0.29) is 5.91 Å². The van der Waals surface area contributed by atoms with Gasteiger partial charge in [-0.1, -0.05) is 0 Å². The molecule has 100 valence electrons. The number of likely N-dealkylation sites (N-methyl/N-ethyl adjacent to an activating group) is 2. The van der Waals surface area contributed by atoms with Gasteiger partial charge >= 0.3 is 0 Å². The lowest BCUT2D eigenvalue weighted by Crippen LogP contribution is -2.34. The largest absolute Gasteiger partial charge is 0.372 e. The molecule has 1 N–H and O–H groups in total. The SMILES string of the molecule is CNc1ncc(Br)cc1C(=O)N(C)CCN(C)C. The zero-order valence-corrected chi connectivity index (χ0v) is 12.8. The average Bonchev–Trinajstić information content (AvgIpc) is 2.34. The summed E-state index contributed by atoms with van der Waals surface area (Å²) in [5, 5.41) is 2.93. The lowest BCUT2D eigenvalue weighted by molar-refractivity contribution is 0.0787. The lowest BCUT2D eigenvalue weighted by Gasteiger charge is -2.20. The van der Waals surface area contributed by atoms with Crippen molar-refractivity contribution in [2.75, 3.05) is 46.6 Å². The number of aromatic nitrogens is 1. The molecule has 0 bridgehead atoms. The predicted octanol–water partition coefficient (Wildman–Crippen LogP) is 1.52. The quantitative estimate of drug-likeness (QED) is 0.895. The average molecular weight is 315 g/mol. The van der Waals surface area contributed by atoms with Gasteiger partial charge < -0.3 is 15.1 Å². The maximum atomic E-state index is 12.3. The number of amides is 1. The molecule has 0 saturated heterocycles. The summed E-state index contributed by atoms with van der Waals surface area (Å²) in [4.78, 5) is 20.2. The fraction of sp³-hybridized carbons (Fsp3) is 0.500. The molecule has 1 amide bonds. The van der Waals surface area contributed by atoms with Crippen molar-refractivity contribution in [1.82, 2.24) is 14.8 Å². The molecule has 6 heteroatoms. The predicted molar refractivity (Wildman–Crippen MR) is 77.0 cm³/mol. The third-order valence-corrected chi connectivity index (χ3v) is 2.98. The number of hydrogen-bond acceptors (Lipinski definition) is 4. The van der Waals surface area contributed by atoms with Gasteiger partial charge in [0.2, 0.25) is 0 Å². The second kappa shape index (κ2) is 6.70. The highest BCUT2D eigenvalue weighted by Crippen LogP contribution is 2.19. The van der Waals surface area contributed by atoms with Gasteiger partial charge in [0, 0.05) is 37.9 Å². The molecule has 0 aromatic carbocycles. The first-order valence-electron chi connectivity index (χ1n) is 5.69. The molecule has 1 rings (SSSR count). The van der Waals surface area contributed by atoms with Crippen LogP contribution in [0.25, 0.3) is 0 Å². The van der Waals surface area contributed by atoms with Crippen molar-refractivity contribution in [3.8, 4) is 0 Å². The van der Waals surface area contributed by atoms with Gasteiger partial charge in [-0.05, 0) is 36.1 Å². The van der Waals surface area contributed by atoms with Crippen LogP contribution >= 0.6 is 15.9 Å². The number of pyridine rings is 1. The van der Waals surface area contributed by atoms with Gasteiger partial charge in [0.1, 0.15) is 5.82 Å². The standard InChI is InChI=1S/C12H19BrN4O/c1-14-11-10(7-9(13)8-15-11)12(18)17(4)6-5-16(2)3/h7-8H,5-6H2,1-4H3,(H,14,15). The minimum Gasteiger partial charge on any atom is -0.372 e. The van der Waals surface area contributed by atoms with Crippen molar-refractivity contribution < 1.29 is 4.79 Å². The van der Waals surface area contributed by atoms with Crippen LogP contribution in [0.15, 0.2) is 16.7 Å². The van der Waals surface area contributed by atoms with Gasteiger partial charge in [0.15, 0.2) is 0 Å². The Bertz CT molecular complexity index is 423. The Hall–Kier alpha value is -1.14. The van der Waals surface area contributed by atoms with Crippen molar-refractivity contribution in [3.63, 3.8) is 0 Å². The fourth-order valence-electron chi connectivity index (χ4n) is 1.46. The maximum absolute atomic E-state index is 12.3. The highest BCUT2D eigenvalue weighted by Gasteiger charge is 2.16. The van der Waals surface area contributed by atoms with Gasteiger partial charge in [-0.15, -0.1) is 0 Å². The number of rotatable bonds is 5. The monoisotopic (exact) mass is 314 g/mol.